The van der Waals surface area contributed by atoms with Crippen LogP contribution in [0, 0.1) is 0 Å². The lowest BCUT2D eigenvalue weighted by molar-refractivity contribution is 0.0985. The number of pyridine rings is 1. The zero-order valence-corrected chi connectivity index (χ0v) is 17.2. The summed E-state index contributed by atoms with van der Waals surface area (Å²) in [5.74, 6) is 1.70. The summed E-state index contributed by atoms with van der Waals surface area (Å²) in [6.07, 6.45) is 2.84. The first-order valence-corrected chi connectivity index (χ1v) is 11.1. The molecule has 0 radical (unpaired) electrons. The molecule has 152 valence electrons. The highest BCUT2D eigenvalue weighted by atomic mass is 32.1. The van der Waals surface area contributed by atoms with Gasteiger partial charge >= 0.3 is 0 Å². The van der Waals surface area contributed by atoms with Gasteiger partial charge in [0.15, 0.2) is 11.5 Å². The minimum Gasteiger partial charge on any atom is -0.454 e. The number of anilines is 1. The zero-order valence-electron chi connectivity index (χ0n) is 16.4. The molecule has 1 amide bonds. The average Bonchev–Trinajstić information content (AvgIpc) is 3.56. The number of rotatable bonds is 3. The third-order valence-electron chi connectivity index (χ3n) is 6.33. The Labute approximate surface area is 178 Å². The maximum atomic E-state index is 13.2. The molecular weight excluding hydrogens is 398 g/mol. The summed E-state index contributed by atoms with van der Waals surface area (Å²) in [5.41, 5.74) is 3.86. The summed E-state index contributed by atoms with van der Waals surface area (Å²) in [7, 11) is 0. The number of carbonyl (C=O) groups is 1. The molecule has 0 N–H and O–H groups in total. The standard InChI is InChI=1S/C23H21N3O3S/c27-22(17-5-9-30-12-17)26-14-23(21-18(26)2-1-7-24-21)6-8-25(13-23)11-16-3-4-19-20(10-16)29-15-28-19/h1-5,7,9-10,12H,6,8,11,13-15H2. The number of likely N-dealkylation sites (tertiary alicyclic amines) is 1. The summed E-state index contributed by atoms with van der Waals surface area (Å²) >= 11 is 1.55. The largest absolute Gasteiger partial charge is 0.454 e. The third-order valence-corrected chi connectivity index (χ3v) is 7.01. The van der Waals surface area contributed by atoms with E-state index in [1.165, 1.54) is 5.56 Å². The lowest BCUT2D eigenvalue weighted by Crippen LogP contribution is -2.39. The first-order valence-electron chi connectivity index (χ1n) is 10.1. The molecule has 0 aliphatic carbocycles. The van der Waals surface area contributed by atoms with E-state index in [9.17, 15) is 4.79 Å². The van der Waals surface area contributed by atoms with Gasteiger partial charge in [0.2, 0.25) is 6.79 Å². The van der Waals surface area contributed by atoms with Crippen LogP contribution >= 0.6 is 11.3 Å². The summed E-state index contributed by atoms with van der Waals surface area (Å²) in [6.45, 7) is 3.69. The number of carbonyl (C=O) groups excluding carboxylic acids is 1. The van der Waals surface area contributed by atoms with Crippen molar-refractivity contribution in [2.75, 3.05) is 31.3 Å². The van der Waals surface area contributed by atoms with Gasteiger partial charge in [-0.2, -0.15) is 11.3 Å². The van der Waals surface area contributed by atoms with Crippen LogP contribution in [-0.4, -0.2) is 42.2 Å². The Balaban J connectivity index is 1.26. The maximum absolute atomic E-state index is 13.2. The number of amides is 1. The van der Waals surface area contributed by atoms with Crippen LogP contribution in [0.15, 0.2) is 53.4 Å². The Hall–Kier alpha value is -2.90. The summed E-state index contributed by atoms with van der Waals surface area (Å²) in [5, 5.41) is 3.87. The van der Waals surface area contributed by atoms with Gasteiger partial charge in [-0.3, -0.25) is 14.7 Å². The van der Waals surface area contributed by atoms with E-state index in [0.29, 0.717) is 13.3 Å². The Morgan fingerprint density at radius 1 is 1.17 bits per heavy atom. The molecule has 2 aromatic heterocycles. The molecule has 7 heteroatoms. The topological polar surface area (TPSA) is 54.9 Å². The van der Waals surface area contributed by atoms with Crippen LogP contribution in [0.3, 0.4) is 0 Å². The molecule has 3 aromatic rings. The quantitative estimate of drug-likeness (QED) is 0.648. The van der Waals surface area contributed by atoms with E-state index < -0.39 is 0 Å². The number of hydrogen-bond acceptors (Lipinski definition) is 6. The van der Waals surface area contributed by atoms with Crippen LogP contribution in [0.5, 0.6) is 11.5 Å². The number of ether oxygens (including phenoxy) is 2. The molecule has 6 rings (SSSR count). The fourth-order valence-electron chi connectivity index (χ4n) is 4.92. The number of nitrogens with zero attached hydrogens (tertiary/aromatic N) is 3. The SMILES string of the molecule is O=C(c1ccsc1)N1CC2(CCN(Cc3ccc4c(c3)OCO4)C2)c2ncccc21. The molecule has 0 saturated carbocycles. The van der Waals surface area contributed by atoms with Crippen molar-refractivity contribution in [3.8, 4) is 11.5 Å². The minimum absolute atomic E-state index is 0.0663. The van der Waals surface area contributed by atoms with Crippen LogP contribution in [0.1, 0.15) is 28.0 Å². The van der Waals surface area contributed by atoms with Crippen molar-refractivity contribution in [2.24, 2.45) is 0 Å². The second kappa shape index (κ2) is 6.82. The highest BCUT2D eigenvalue weighted by molar-refractivity contribution is 7.08. The molecule has 1 fully saturated rings. The fourth-order valence-corrected chi connectivity index (χ4v) is 5.55. The highest BCUT2D eigenvalue weighted by Crippen LogP contribution is 2.46. The molecule has 1 atom stereocenters. The Morgan fingerprint density at radius 3 is 3.00 bits per heavy atom. The van der Waals surface area contributed by atoms with Crippen LogP contribution in [0.2, 0.25) is 0 Å². The van der Waals surface area contributed by atoms with E-state index in [4.69, 9.17) is 14.5 Å². The molecule has 3 aliphatic rings. The molecule has 5 heterocycles. The fraction of sp³-hybridized carbons (Fsp3) is 0.304. The highest BCUT2D eigenvalue weighted by Gasteiger charge is 2.50. The van der Waals surface area contributed by atoms with Gasteiger partial charge in [0.1, 0.15) is 0 Å². The number of benzene rings is 1. The van der Waals surface area contributed by atoms with Crippen molar-refractivity contribution in [1.29, 1.82) is 0 Å². The van der Waals surface area contributed by atoms with Gasteiger partial charge in [0.05, 0.1) is 16.9 Å². The molecule has 0 bridgehead atoms. The number of aromatic nitrogens is 1. The Bertz CT molecular complexity index is 1120. The van der Waals surface area contributed by atoms with Crippen molar-refractivity contribution in [1.82, 2.24) is 9.88 Å². The first kappa shape index (κ1) is 17.9. The van der Waals surface area contributed by atoms with Crippen molar-refractivity contribution < 1.29 is 14.3 Å². The van der Waals surface area contributed by atoms with Gasteiger partial charge in [0, 0.05) is 36.6 Å². The molecule has 6 nitrogen and oxygen atoms in total. The van der Waals surface area contributed by atoms with Gasteiger partial charge in [-0.1, -0.05) is 6.07 Å². The number of thiophene rings is 1. The second-order valence-corrected chi connectivity index (χ2v) is 8.98. The average molecular weight is 420 g/mol. The Kier molecular flexibility index (Phi) is 4.07. The normalized spacial score (nSPS) is 22.1. The van der Waals surface area contributed by atoms with Crippen LogP contribution in [0.25, 0.3) is 0 Å². The van der Waals surface area contributed by atoms with Gasteiger partial charge < -0.3 is 14.4 Å². The van der Waals surface area contributed by atoms with Crippen LogP contribution < -0.4 is 14.4 Å². The predicted octanol–water partition coefficient (Wildman–Crippen LogP) is 3.68. The summed E-state index contributed by atoms with van der Waals surface area (Å²) in [6, 6.07) is 12.0. The summed E-state index contributed by atoms with van der Waals surface area (Å²) < 4.78 is 10.9. The number of fused-ring (bicyclic) bond motifs is 3. The molecule has 1 spiro atoms. The molecule has 1 unspecified atom stereocenters. The smallest absolute Gasteiger partial charge is 0.259 e. The predicted molar refractivity (Wildman–Crippen MR) is 114 cm³/mol. The molecule has 30 heavy (non-hydrogen) atoms. The molecule has 1 aromatic carbocycles. The van der Waals surface area contributed by atoms with E-state index in [0.717, 1.165) is 54.5 Å². The monoisotopic (exact) mass is 419 g/mol. The van der Waals surface area contributed by atoms with E-state index in [1.54, 1.807) is 11.3 Å². The maximum Gasteiger partial charge on any atom is 0.259 e. The lowest BCUT2D eigenvalue weighted by Gasteiger charge is -2.25. The van der Waals surface area contributed by atoms with Crippen molar-refractivity contribution in [3.63, 3.8) is 0 Å². The second-order valence-electron chi connectivity index (χ2n) is 8.20. The van der Waals surface area contributed by atoms with Crippen molar-refractivity contribution >= 4 is 22.9 Å². The summed E-state index contributed by atoms with van der Waals surface area (Å²) in [4.78, 5) is 22.3. The zero-order chi connectivity index (χ0) is 20.1. The van der Waals surface area contributed by atoms with Crippen molar-refractivity contribution in [2.45, 2.75) is 18.4 Å². The first-order chi connectivity index (χ1) is 14.7. The third kappa shape index (κ3) is 2.80. The van der Waals surface area contributed by atoms with E-state index in [1.807, 2.05) is 46.1 Å². The molecular formula is C23H21N3O3S. The Morgan fingerprint density at radius 2 is 2.10 bits per heavy atom. The number of hydrogen-bond donors (Lipinski definition) is 0. The molecule has 3 aliphatic heterocycles. The van der Waals surface area contributed by atoms with E-state index in [-0.39, 0.29) is 11.3 Å². The van der Waals surface area contributed by atoms with Gasteiger partial charge in [0.25, 0.3) is 5.91 Å². The lowest BCUT2D eigenvalue weighted by atomic mass is 9.85. The van der Waals surface area contributed by atoms with Crippen LogP contribution in [-0.2, 0) is 12.0 Å². The van der Waals surface area contributed by atoms with Gasteiger partial charge in [-0.15, -0.1) is 0 Å². The minimum atomic E-state index is -0.112. The van der Waals surface area contributed by atoms with Gasteiger partial charge in [-0.05, 0) is 54.2 Å². The van der Waals surface area contributed by atoms with Crippen molar-refractivity contribution in [3.05, 3.63) is 70.2 Å². The van der Waals surface area contributed by atoms with E-state index >= 15 is 0 Å². The van der Waals surface area contributed by atoms with Crippen LogP contribution in [0.4, 0.5) is 5.69 Å². The van der Waals surface area contributed by atoms with E-state index in [2.05, 4.69) is 17.0 Å². The molecule has 1 saturated heterocycles. The van der Waals surface area contributed by atoms with Gasteiger partial charge in [-0.25, -0.2) is 0 Å².